The Balaban J connectivity index is 2.09. The molecule has 0 N–H and O–H groups in total. The van der Waals surface area contributed by atoms with Crippen molar-refractivity contribution in [3.63, 3.8) is 0 Å². The first-order valence-electron chi connectivity index (χ1n) is 10.0. The predicted octanol–water partition coefficient (Wildman–Crippen LogP) is 3.93. The van der Waals surface area contributed by atoms with Crippen LogP contribution >= 0.6 is 0 Å². The maximum atomic E-state index is 2.37. The van der Waals surface area contributed by atoms with Gasteiger partial charge in [0.2, 0.25) is 0 Å². The first-order valence-corrected chi connectivity index (χ1v) is 12.0. The summed E-state index contributed by atoms with van der Waals surface area (Å²) >= 11 is 0. The zero-order chi connectivity index (χ0) is 19.4. The molecule has 0 radical (unpaired) electrons. The number of benzene rings is 4. The Labute approximate surface area is 169 Å². The van der Waals surface area contributed by atoms with Crippen molar-refractivity contribution in [2.24, 2.45) is 0 Å². The summed E-state index contributed by atoms with van der Waals surface area (Å²) in [4.78, 5) is 0. The third kappa shape index (κ3) is 3.23. The zero-order valence-electron chi connectivity index (χ0n) is 16.6. The molecular formula is C27H26Si. The lowest BCUT2D eigenvalue weighted by atomic mass is 10.2. The second kappa shape index (κ2) is 8.00. The van der Waals surface area contributed by atoms with E-state index in [1.807, 2.05) is 0 Å². The fourth-order valence-electron chi connectivity index (χ4n) is 4.17. The van der Waals surface area contributed by atoms with E-state index in [4.69, 9.17) is 0 Å². The molecule has 0 fully saturated rings. The second-order valence-electron chi connectivity index (χ2n) is 7.40. The van der Waals surface area contributed by atoms with Crippen LogP contribution in [0.2, 0.25) is 0 Å². The monoisotopic (exact) mass is 378 g/mol. The van der Waals surface area contributed by atoms with E-state index in [0.717, 1.165) is 6.42 Å². The Morgan fingerprint density at radius 3 is 1.32 bits per heavy atom. The minimum atomic E-state index is -2.36. The minimum Gasteiger partial charge on any atom is -0.0623 e. The van der Waals surface area contributed by atoms with Gasteiger partial charge in [-0.25, -0.2) is 0 Å². The molecular weight excluding hydrogens is 352 g/mol. The van der Waals surface area contributed by atoms with Gasteiger partial charge in [0.25, 0.3) is 0 Å². The lowest BCUT2D eigenvalue weighted by molar-refractivity contribution is 1.14. The normalized spacial score (nSPS) is 11.4. The van der Waals surface area contributed by atoms with Crippen LogP contribution in [0.1, 0.15) is 18.1 Å². The minimum absolute atomic E-state index is 1.07. The highest BCUT2D eigenvalue weighted by molar-refractivity contribution is 7.19. The third-order valence-corrected chi connectivity index (χ3v) is 10.5. The topological polar surface area (TPSA) is 0 Å². The molecule has 0 spiro atoms. The molecule has 0 bridgehead atoms. The Kier molecular flexibility index (Phi) is 5.27. The Hall–Kier alpha value is -2.90. The van der Waals surface area contributed by atoms with E-state index in [1.54, 1.807) is 0 Å². The second-order valence-corrected chi connectivity index (χ2v) is 11.2. The predicted molar refractivity (Wildman–Crippen MR) is 124 cm³/mol. The fraction of sp³-hybridized carbons (Fsp3) is 0.111. The van der Waals surface area contributed by atoms with Gasteiger partial charge in [0.1, 0.15) is 0 Å². The summed E-state index contributed by atoms with van der Waals surface area (Å²) in [5.74, 6) is 0. The lowest BCUT2D eigenvalue weighted by Crippen LogP contribution is -2.74. The molecule has 0 aliphatic rings. The molecule has 1 heteroatoms. The molecule has 0 aliphatic carbocycles. The summed E-state index contributed by atoms with van der Waals surface area (Å²) < 4.78 is 0. The lowest BCUT2D eigenvalue weighted by Gasteiger charge is -2.34. The molecule has 0 amide bonds. The highest BCUT2D eigenvalue weighted by atomic mass is 28.3. The number of hydrogen-bond acceptors (Lipinski definition) is 0. The van der Waals surface area contributed by atoms with Gasteiger partial charge >= 0.3 is 0 Å². The van der Waals surface area contributed by atoms with Crippen LogP contribution in [0, 0.1) is 6.92 Å². The van der Waals surface area contributed by atoms with Crippen molar-refractivity contribution in [1.29, 1.82) is 0 Å². The van der Waals surface area contributed by atoms with Gasteiger partial charge in [-0.2, -0.15) is 0 Å². The summed E-state index contributed by atoms with van der Waals surface area (Å²) in [6.45, 7) is 4.38. The summed E-state index contributed by atoms with van der Waals surface area (Å²) in [6, 6.07) is 40.7. The molecule has 0 heterocycles. The molecule has 4 aromatic carbocycles. The molecule has 28 heavy (non-hydrogen) atoms. The van der Waals surface area contributed by atoms with E-state index in [0.29, 0.717) is 0 Å². The molecule has 0 atom stereocenters. The number of rotatable bonds is 5. The van der Waals surface area contributed by atoms with E-state index >= 15 is 0 Å². The van der Waals surface area contributed by atoms with E-state index in [2.05, 4.69) is 123 Å². The molecule has 0 saturated carbocycles. The molecule has 4 aromatic rings. The van der Waals surface area contributed by atoms with Crippen molar-refractivity contribution in [3.8, 4) is 0 Å². The van der Waals surface area contributed by atoms with Crippen LogP contribution in [-0.4, -0.2) is 8.07 Å². The SMILES string of the molecule is CCc1ccc([Si](c2ccccc2)(c2ccccc2)c2ccc(C)cc2)cc1. The molecule has 4 rings (SSSR count). The summed E-state index contributed by atoms with van der Waals surface area (Å²) in [5.41, 5.74) is 2.69. The molecule has 138 valence electrons. The Morgan fingerprint density at radius 2 is 0.893 bits per heavy atom. The van der Waals surface area contributed by atoms with E-state index in [-0.39, 0.29) is 0 Å². The van der Waals surface area contributed by atoms with Crippen LogP contribution in [0.15, 0.2) is 109 Å². The molecule has 0 nitrogen and oxygen atoms in total. The zero-order valence-corrected chi connectivity index (χ0v) is 17.6. The van der Waals surface area contributed by atoms with Crippen molar-refractivity contribution >= 4 is 28.8 Å². The van der Waals surface area contributed by atoms with Gasteiger partial charge in [-0.3, -0.25) is 0 Å². The Bertz CT molecular complexity index is 978. The average molecular weight is 379 g/mol. The molecule has 0 aromatic heterocycles. The smallest absolute Gasteiger partial charge is 0.0623 e. The Morgan fingerprint density at radius 1 is 0.500 bits per heavy atom. The van der Waals surface area contributed by atoms with Crippen LogP contribution in [0.25, 0.3) is 0 Å². The van der Waals surface area contributed by atoms with Crippen LogP contribution in [-0.2, 0) is 6.42 Å². The van der Waals surface area contributed by atoms with E-state index < -0.39 is 8.07 Å². The highest BCUT2D eigenvalue weighted by Gasteiger charge is 2.41. The fourth-order valence-corrected chi connectivity index (χ4v) is 8.89. The molecule has 0 aliphatic heterocycles. The van der Waals surface area contributed by atoms with Crippen molar-refractivity contribution in [1.82, 2.24) is 0 Å². The largest absolute Gasteiger partial charge is 0.179 e. The van der Waals surface area contributed by atoms with Crippen molar-refractivity contribution in [3.05, 3.63) is 120 Å². The van der Waals surface area contributed by atoms with Crippen molar-refractivity contribution in [2.45, 2.75) is 20.3 Å². The van der Waals surface area contributed by atoms with Crippen molar-refractivity contribution in [2.75, 3.05) is 0 Å². The molecule has 0 saturated heterocycles. The summed E-state index contributed by atoms with van der Waals surface area (Å²) in [7, 11) is -2.36. The van der Waals surface area contributed by atoms with Crippen LogP contribution in [0.4, 0.5) is 0 Å². The van der Waals surface area contributed by atoms with Gasteiger partial charge in [0.05, 0.1) is 0 Å². The van der Waals surface area contributed by atoms with E-state index in [9.17, 15) is 0 Å². The standard InChI is InChI=1S/C27H26Si/c1-3-23-16-20-27(21-17-23)28(24-10-6-4-7-11-24,25-12-8-5-9-13-25)26-18-14-22(2)15-19-26/h4-21H,3H2,1-2H3. The van der Waals surface area contributed by atoms with Gasteiger partial charge < -0.3 is 0 Å². The summed E-state index contributed by atoms with van der Waals surface area (Å²) in [5, 5.41) is 5.72. The van der Waals surface area contributed by atoms with Crippen LogP contribution in [0.5, 0.6) is 0 Å². The average Bonchev–Trinajstić information content (AvgIpc) is 2.77. The quantitative estimate of drug-likeness (QED) is 0.365. The van der Waals surface area contributed by atoms with Gasteiger partial charge in [0, 0.05) is 0 Å². The van der Waals surface area contributed by atoms with Gasteiger partial charge in [0.15, 0.2) is 8.07 Å². The van der Waals surface area contributed by atoms with Crippen LogP contribution < -0.4 is 20.7 Å². The van der Waals surface area contributed by atoms with Crippen molar-refractivity contribution < 1.29 is 0 Å². The maximum Gasteiger partial charge on any atom is 0.179 e. The van der Waals surface area contributed by atoms with Crippen LogP contribution in [0.3, 0.4) is 0 Å². The van der Waals surface area contributed by atoms with Gasteiger partial charge in [-0.05, 0) is 39.7 Å². The molecule has 0 unspecified atom stereocenters. The van der Waals surface area contributed by atoms with Gasteiger partial charge in [-0.1, -0.05) is 122 Å². The first-order chi connectivity index (χ1) is 13.7. The van der Waals surface area contributed by atoms with E-state index in [1.165, 1.54) is 31.9 Å². The number of hydrogen-bond donors (Lipinski definition) is 0. The number of aryl methyl sites for hydroxylation is 2. The first kappa shape index (κ1) is 18.5. The highest BCUT2D eigenvalue weighted by Crippen LogP contribution is 2.11. The van der Waals surface area contributed by atoms with Gasteiger partial charge in [-0.15, -0.1) is 0 Å². The summed E-state index contributed by atoms with van der Waals surface area (Å²) in [6.07, 6.45) is 1.07. The maximum absolute atomic E-state index is 2.37. The third-order valence-electron chi connectivity index (χ3n) is 5.69.